The molecule has 5 aromatic rings. The molecule has 0 saturated carbocycles. The topological polar surface area (TPSA) is 78.0 Å². The summed E-state index contributed by atoms with van der Waals surface area (Å²) >= 11 is 0. The smallest absolute Gasteiger partial charge is 0.256 e. The first-order chi connectivity index (χ1) is 19.0. The van der Waals surface area contributed by atoms with E-state index in [0.29, 0.717) is 17.4 Å². The van der Waals surface area contributed by atoms with Crippen molar-refractivity contribution in [2.45, 2.75) is 32.4 Å². The first-order valence-electron chi connectivity index (χ1n) is 13.6. The predicted molar refractivity (Wildman–Crippen MR) is 158 cm³/mol. The van der Waals surface area contributed by atoms with E-state index in [2.05, 4.69) is 92.1 Å². The lowest BCUT2D eigenvalue weighted by Gasteiger charge is -2.30. The number of hydrogen-bond acceptors (Lipinski definition) is 4. The second-order valence-electron chi connectivity index (χ2n) is 10.6. The summed E-state index contributed by atoms with van der Waals surface area (Å²) in [5.74, 6) is 0.329. The van der Waals surface area contributed by atoms with Crippen molar-refractivity contribution in [2.24, 2.45) is 0 Å². The third kappa shape index (κ3) is 5.59. The maximum absolute atomic E-state index is 13.0. The molecule has 3 aromatic carbocycles. The van der Waals surface area contributed by atoms with Gasteiger partial charge < -0.3 is 20.1 Å². The van der Waals surface area contributed by atoms with Gasteiger partial charge in [-0.25, -0.2) is 0 Å². The molecule has 39 heavy (non-hydrogen) atoms. The number of fused-ring (bicyclic) bond motifs is 1. The average molecular weight is 519 g/mol. The van der Waals surface area contributed by atoms with E-state index >= 15 is 0 Å². The van der Waals surface area contributed by atoms with Crippen LogP contribution in [0.25, 0.3) is 22.2 Å². The Balaban J connectivity index is 1.14. The lowest BCUT2D eigenvalue weighted by Crippen LogP contribution is -2.36. The van der Waals surface area contributed by atoms with Gasteiger partial charge in [-0.1, -0.05) is 42.5 Å². The Labute approximate surface area is 228 Å². The molecule has 1 aliphatic heterocycles. The van der Waals surface area contributed by atoms with E-state index in [0.717, 1.165) is 60.5 Å². The number of nitrogens with zero attached hydrogens (tertiary/aromatic N) is 3. The van der Waals surface area contributed by atoms with E-state index in [-0.39, 0.29) is 5.91 Å². The summed E-state index contributed by atoms with van der Waals surface area (Å²) in [7, 11) is 2.17. The van der Waals surface area contributed by atoms with Gasteiger partial charge in [-0.3, -0.25) is 9.89 Å². The van der Waals surface area contributed by atoms with Gasteiger partial charge in [-0.2, -0.15) is 5.10 Å². The molecule has 2 aromatic heterocycles. The number of rotatable bonds is 7. The van der Waals surface area contributed by atoms with Crippen LogP contribution in [0, 0.1) is 6.92 Å². The lowest BCUT2D eigenvalue weighted by molar-refractivity contribution is 0.102. The number of carbonyl (C=O) groups is 1. The zero-order chi connectivity index (χ0) is 26.8. The monoisotopic (exact) mass is 518 g/mol. The average Bonchev–Trinajstić information content (AvgIpc) is 3.58. The molecule has 1 saturated heterocycles. The van der Waals surface area contributed by atoms with Gasteiger partial charge >= 0.3 is 0 Å². The molecule has 0 spiro atoms. The van der Waals surface area contributed by atoms with Crippen LogP contribution in [-0.2, 0) is 6.54 Å². The molecule has 1 fully saturated rings. The minimum absolute atomic E-state index is 0.172. The Kier molecular flexibility index (Phi) is 6.90. The molecule has 3 heterocycles. The van der Waals surface area contributed by atoms with Gasteiger partial charge in [0.15, 0.2) is 5.82 Å². The summed E-state index contributed by atoms with van der Waals surface area (Å²) in [5.41, 5.74) is 7.06. The van der Waals surface area contributed by atoms with Gasteiger partial charge in [-0.15, -0.1) is 0 Å². The van der Waals surface area contributed by atoms with Crippen LogP contribution in [0.2, 0.25) is 0 Å². The van der Waals surface area contributed by atoms with Crippen LogP contribution >= 0.6 is 0 Å². The highest BCUT2D eigenvalue weighted by Crippen LogP contribution is 2.27. The number of carbonyl (C=O) groups excluding carboxylic acids is 1. The highest BCUT2D eigenvalue weighted by molar-refractivity contribution is 6.04. The molecule has 3 N–H and O–H groups in total. The molecule has 7 nitrogen and oxygen atoms in total. The lowest BCUT2D eigenvalue weighted by atomic mass is 10.0. The Morgan fingerprint density at radius 3 is 2.62 bits per heavy atom. The third-order valence-electron chi connectivity index (χ3n) is 7.67. The van der Waals surface area contributed by atoms with E-state index in [4.69, 9.17) is 0 Å². The van der Waals surface area contributed by atoms with E-state index < -0.39 is 0 Å². The zero-order valence-corrected chi connectivity index (χ0v) is 22.4. The molecular formula is C32H34N6O. The van der Waals surface area contributed by atoms with E-state index in [1.807, 2.05) is 37.3 Å². The zero-order valence-electron chi connectivity index (χ0n) is 22.4. The molecule has 1 aliphatic rings. The van der Waals surface area contributed by atoms with Crippen LogP contribution in [0.3, 0.4) is 0 Å². The second kappa shape index (κ2) is 10.8. The molecule has 0 bridgehead atoms. The maximum atomic E-state index is 13.0. The largest absolute Gasteiger partial charge is 0.382 e. The predicted octanol–water partition coefficient (Wildman–Crippen LogP) is 6.15. The van der Waals surface area contributed by atoms with Gasteiger partial charge in [0.05, 0.1) is 5.69 Å². The van der Waals surface area contributed by atoms with Gasteiger partial charge in [0.2, 0.25) is 0 Å². The fraction of sp³-hybridized carbons (Fsp3) is 0.250. The molecular weight excluding hydrogens is 484 g/mol. The van der Waals surface area contributed by atoms with Crippen LogP contribution in [0.1, 0.15) is 34.3 Å². The van der Waals surface area contributed by atoms with Crippen LogP contribution in [-0.4, -0.2) is 51.8 Å². The molecule has 0 aliphatic carbocycles. The highest BCUT2D eigenvalue weighted by Gasteiger charge is 2.18. The molecule has 0 unspecified atom stereocenters. The van der Waals surface area contributed by atoms with Crippen molar-refractivity contribution in [1.82, 2.24) is 19.7 Å². The summed E-state index contributed by atoms with van der Waals surface area (Å²) in [6, 6.07) is 27.1. The standard InChI is InChI=1S/C32H34N6O/c1-22-18-26(10-11-28(22)33-27-13-15-37(2)16-14-27)32(39)34-31-20-29(35-36-31)25-9-8-24-12-17-38(30(24)19-25)21-23-6-4-3-5-7-23/h3-12,17-20,27,33H,13-16,21H2,1-2H3,(H2,34,35,36,39). The molecule has 6 rings (SSSR count). The number of nitrogens with one attached hydrogen (secondary N) is 3. The number of piperidine rings is 1. The summed E-state index contributed by atoms with van der Waals surface area (Å²) in [5, 5.41) is 15.2. The number of benzene rings is 3. The Hall–Kier alpha value is -4.36. The molecule has 198 valence electrons. The number of aromatic nitrogens is 3. The molecule has 0 radical (unpaired) electrons. The maximum Gasteiger partial charge on any atom is 0.256 e. The van der Waals surface area contributed by atoms with Gasteiger partial charge in [0, 0.05) is 47.2 Å². The number of likely N-dealkylation sites (tertiary alicyclic amines) is 1. The van der Waals surface area contributed by atoms with E-state index in [1.165, 1.54) is 10.9 Å². The summed E-state index contributed by atoms with van der Waals surface area (Å²) < 4.78 is 2.25. The van der Waals surface area contributed by atoms with Crippen molar-refractivity contribution in [2.75, 3.05) is 30.8 Å². The number of aryl methyl sites for hydroxylation is 1. The van der Waals surface area contributed by atoms with Crippen LogP contribution < -0.4 is 10.6 Å². The fourth-order valence-corrected chi connectivity index (χ4v) is 5.33. The van der Waals surface area contributed by atoms with Gasteiger partial charge in [-0.05, 0) is 86.7 Å². The van der Waals surface area contributed by atoms with Crippen molar-refractivity contribution in [1.29, 1.82) is 0 Å². The number of hydrogen-bond donors (Lipinski definition) is 3. The minimum atomic E-state index is -0.172. The molecule has 1 amide bonds. The first kappa shape index (κ1) is 24.9. The number of anilines is 2. The minimum Gasteiger partial charge on any atom is -0.382 e. The van der Waals surface area contributed by atoms with Crippen molar-refractivity contribution in [3.05, 3.63) is 102 Å². The van der Waals surface area contributed by atoms with Crippen molar-refractivity contribution < 1.29 is 4.79 Å². The van der Waals surface area contributed by atoms with E-state index in [1.54, 1.807) is 0 Å². The van der Waals surface area contributed by atoms with Crippen molar-refractivity contribution >= 4 is 28.3 Å². The van der Waals surface area contributed by atoms with Crippen molar-refractivity contribution in [3.8, 4) is 11.3 Å². The molecule has 0 atom stereocenters. The van der Waals surface area contributed by atoms with Crippen LogP contribution in [0.5, 0.6) is 0 Å². The van der Waals surface area contributed by atoms with Crippen LogP contribution in [0.15, 0.2) is 85.1 Å². The number of aromatic amines is 1. The summed E-state index contributed by atoms with van der Waals surface area (Å²) in [6.07, 6.45) is 4.38. The van der Waals surface area contributed by atoms with Gasteiger partial charge in [0.1, 0.15) is 0 Å². The summed E-state index contributed by atoms with van der Waals surface area (Å²) in [4.78, 5) is 15.4. The Morgan fingerprint density at radius 2 is 1.82 bits per heavy atom. The number of H-pyrrole nitrogens is 1. The van der Waals surface area contributed by atoms with Gasteiger partial charge in [0.25, 0.3) is 5.91 Å². The normalized spacial score (nSPS) is 14.5. The van der Waals surface area contributed by atoms with Crippen molar-refractivity contribution in [3.63, 3.8) is 0 Å². The Bertz CT molecular complexity index is 1590. The Morgan fingerprint density at radius 1 is 1.00 bits per heavy atom. The SMILES string of the molecule is Cc1cc(C(=O)Nc2cc(-c3ccc4ccn(Cc5ccccc5)c4c3)[nH]n2)ccc1NC1CCN(C)CC1. The quantitative estimate of drug-likeness (QED) is 0.242. The highest BCUT2D eigenvalue weighted by atomic mass is 16.1. The first-order valence-corrected chi connectivity index (χ1v) is 13.6. The van der Waals surface area contributed by atoms with Crippen LogP contribution in [0.4, 0.5) is 11.5 Å². The second-order valence-corrected chi connectivity index (χ2v) is 10.6. The number of amides is 1. The summed E-state index contributed by atoms with van der Waals surface area (Å²) in [6.45, 7) is 5.07. The third-order valence-corrected chi connectivity index (χ3v) is 7.67. The fourth-order valence-electron chi connectivity index (χ4n) is 5.33. The van der Waals surface area contributed by atoms with E-state index in [9.17, 15) is 4.79 Å². The molecule has 7 heteroatoms.